The van der Waals surface area contributed by atoms with Gasteiger partial charge in [0.1, 0.15) is 0 Å². The Morgan fingerprint density at radius 3 is 2.23 bits per heavy atom. The van der Waals surface area contributed by atoms with E-state index in [-0.39, 0.29) is 5.69 Å². The predicted octanol–water partition coefficient (Wildman–Crippen LogP) is 2.39. The van der Waals surface area contributed by atoms with Gasteiger partial charge in [-0.05, 0) is 36.4 Å². The number of hydrogen-bond acceptors (Lipinski definition) is 5. The summed E-state index contributed by atoms with van der Waals surface area (Å²) in [5.41, 5.74) is 11.2. The van der Waals surface area contributed by atoms with Crippen LogP contribution >= 0.6 is 0 Å². The first-order valence-corrected chi connectivity index (χ1v) is 6.59. The first-order valence-electron chi connectivity index (χ1n) is 6.59. The number of nitro groups is 1. The third kappa shape index (κ3) is 3.72. The van der Waals surface area contributed by atoms with Crippen LogP contribution in [0.1, 0.15) is 5.56 Å². The first kappa shape index (κ1) is 15.3. The van der Waals surface area contributed by atoms with Crippen molar-refractivity contribution in [2.24, 2.45) is 10.8 Å². The van der Waals surface area contributed by atoms with Gasteiger partial charge in [-0.3, -0.25) is 15.5 Å². The second kappa shape index (κ2) is 6.57. The minimum atomic E-state index is -0.451. The fourth-order valence-electron chi connectivity index (χ4n) is 1.78. The molecule has 0 bridgehead atoms. The summed E-state index contributed by atoms with van der Waals surface area (Å²) in [6.45, 7) is 0. The molecule has 114 valence electrons. The van der Waals surface area contributed by atoms with Crippen molar-refractivity contribution in [3.05, 3.63) is 64.2 Å². The predicted molar refractivity (Wildman–Crippen MR) is 88.2 cm³/mol. The molecule has 0 aromatic heterocycles. The minimum Gasteiger partial charge on any atom is -0.382 e. The standard InChI is InChI=1S/C15H17N5O2/c1-19(2)13-7-3-11(4-8-13)15(16)18-17-12-5-9-14(10-6-12)20(21)22/h3-10,17H,1-2H3,(H2,16,18). The quantitative estimate of drug-likeness (QED) is 0.382. The molecule has 0 aliphatic heterocycles. The van der Waals surface area contributed by atoms with Crippen molar-refractivity contribution in [1.82, 2.24) is 0 Å². The highest BCUT2D eigenvalue weighted by atomic mass is 16.6. The number of non-ortho nitro benzene ring substituents is 1. The molecule has 0 unspecified atom stereocenters. The van der Waals surface area contributed by atoms with Gasteiger partial charge in [0.25, 0.3) is 5.69 Å². The molecule has 7 heteroatoms. The molecule has 0 spiro atoms. The lowest BCUT2D eigenvalue weighted by Crippen LogP contribution is -2.16. The van der Waals surface area contributed by atoms with E-state index in [4.69, 9.17) is 5.73 Å². The number of nitrogens with zero attached hydrogens (tertiary/aromatic N) is 3. The Morgan fingerprint density at radius 2 is 1.73 bits per heavy atom. The Balaban J connectivity index is 2.07. The van der Waals surface area contributed by atoms with Crippen molar-refractivity contribution >= 4 is 22.9 Å². The van der Waals surface area contributed by atoms with Crippen LogP contribution < -0.4 is 16.1 Å². The van der Waals surface area contributed by atoms with E-state index >= 15 is 0 Å². The van der Waals surface area contributed by atoms with Gasteiger partial charge in [0.2, 0.25) is 0 Å². The van der Waals surface area contributed by atoms with Crippen LogP contribution in [-0.4, -0.2) is 24.9 Å². The van der Waals surface area contributed by atoms with Crippen LogP contribution in [0.25, 0.3) is 0 Å². The van der Waals surface area contributed by atoms with E-state index in [9.17, 15) is 10.1 Å². The molecule has 2 aromatic rings. The van der Waals surface area contributed by atoms with Crippen molar-refractivity contribution in [3.8, 4) is 0 Å². The lowest BCUT2D eigenvalue weighted by Gasteiger charge is -2.12. The lowest BCUT2D eigenvalue weighted by atomic mass is 10.2. The number of benzene rings is 2. The monoisotopic (exact) mass is 299 g/mol. The highest BCUT2D eigenvalue weighted by Gasteiger charge is 2.04. The van der Waals surface area contributed by atoms with Crippen LogP contribution in [0.3, 0.4) is 0 Å². The molecule has 0 aliphatic rings. The van der Waals surface area contributed by atoms with Gasteiger partial charge in [-0.1, -0.05) is 0 Å². The number of nitrogens with two attached hydrogens (primary N) is 1. The average molecular weight is 299 g/mol. The van der Waals surface area contributed by atoms with Crippen LogP contribution in [0.5, 0.6) is 0 Å². The zero-order chi connectivity index (χ0) is 16.1. The molecular formula is C15H17N5O2. The van der Waals surface area contributed by atoms with Crippen molar-refractivity contribution in [2.45, 2.75) is 0 Å². The van der Waals surface area contributed by atoms with Gasteiger partial charge < -0.3 is 10.6 Å². The molecule has 3 N–H and O–H groups in total. The Kier molecular flexibility index (Phi) is 4.57. The second-order valence-corrected chi connectivity index (χ2v) is 4.85. The zero-order valence-electron chi connectivity index (χ0n) is 12.4. The number of amidine groups is 1. The molecular weight excluding hydrogens is 282 g/mol. The summed E-state index contributed by atoms with van der Waals surface area (Å²) in [6, 6.07) is 13.6. The summed E-state index contributed by atoms with van der Waals surface area (Å²) in [6.07, 6.45) is 0. The summed E-state index contributed by atoms with van der Waals surface area (Å²) in [7, 11) is 3.92. The molecule has 0 fully saturated rings. The summed E-state index contributed by atoms with van der Waals surface area (Å²) in [5, 5.41) is 14.6. The fraction of sp³-hybridized carbons (Fsp3) is 0.133. The normalized spacial score (nSPS) is 11.1. The van der Waals surface area contributed by atoms with Crippen molar-refractivity contribution in [2.75, 3.05) is 24.4 Å². The zero-order valence-corrected chi connectivity index (χ0v) is 12.4. The highest BCUT2D eigenvalue weighted by molar-refractivity contribution is 5.98. The van der Waals surface area contributed by atoms with E-state index in [1.54, 1.807) is 12.1 Å². The van der Waals surface area contributed by atoms with E-state index in [2.05, 4.69) is 10.5 Å². The van der Waals surface area contributed by atoms with E-state index in [0.29, 0.717) is 11.5 Å². The van der Waals surface area contributed by atoms with Gasteiger partial charge in [0.05, 0.1) is 10.6 Å². The van der Waals surface area contributed by atoms with Crippen LogP contribution in [0.2, 0.25) is 0 Å². The number of hydrazone groups is 1. The molecule has 2 aromatic carbocycles. The first-order chi connectivity index (χ1) is 10.5. The maximum atomic E-state index is 10.6. The molecule has 0 amide bonds. The maximum absolute atomic E-state index is 10.6. The van der Waals surface area contributed by atoms with E-state index in [1.165, 1.54) is 12.1 Å². The highest BCUT2D eigenvalue weighted by Crippen LogP contribution is 2.16. The Morgan fingerprint density at radius 1 is 1.14 bits per heavy atom. The van der Waals surface area contributed by atoms with Gasteiger partial charge in [0, 0.05) is 37.5 Å². The number of rotatable bonds is 5. The van der Waals surface area contributed by atoms with Gasteiger partial charge in [-0.2, -0.15) is 5.10 Å². The van der Waals surface area contributed by atoms with Crippen LogP contribution in [0, 0.1) is 10.1 Å². The number of nitrogens with one attached hydrogen (secondary N) is 1. The third-order valence-corrected chi connectivity index (χ3v) is 3.06. The van der Waals surface area contributed by atoms with Gasteiger partial charge in [-0.15, -0.1) is 0 Å². The lowest BCUT2D eigenvalue weighted by molar-refractivity contribution is -0.384. The summed E-state index contributed by atoms with van der Waals surface area (Å²) in [4.78, 5) is 12.1. The molecule has 0 saturated heterocycles. The van der Waals surface area contributed by atoms with E-state index in [1.807, 2.05) is 43.3 Å². The number of nitro benzene ring substituents is 1. The van der Waals surface area contributed by atoms with Gasteiger partial charge in [-0.25, -0.2) is 0 Å². The second-order valence-electron chi connectivity index (χ2n) is 4.85. The minimum absolute atomic E-state index is 0.0294. The molecule has 0 aliphatic carbocycles. The molecule has 0 atom stereocenters. The van der Waals surface area contributed by atoms with Crippen LogP contribution in [-0.2, 0) is 0 Å². The Hall–Kier alpha value is -3.09. The Labute approximate surface area is 128 Å². The van der Waals surface area contributed by atoms with Gasteiger partial charge >= 0.3 is 0 Å². The summed E-state index contributed by atoms with van der Waals surface area (Å²) < 4.78 is 0. The summed E-state index contributed by atoms with van der Waals surface area (Å²) >= 11 is 0. The Bertz CT molecular complexity index is 678. The number of hydrogen-bond donors (Lipinski definition) is 2. The van der Waals surface area contributed by atoms with Crippen molar-refractivity contribution < 1.29 is 4.92 Å². The topological polar surface area (TPSA) is 96.8 Å². The number of anilines is 2. The molecule has 2 rings (SSSR count). The molecule has 0 saturated carbocycles. The van der Waals surface area contributed by atoms with Crippen LogP contribution in [0.4, 0.5) is 17.1 Å². The molecule has 0 heterocycles. The van der Waals surface area contributed by atoms with Crippen LogP contribution in [0.15, 0.2) is 53.6 Å². The molecule has 22 heavy (non-hydrogen) atoms. The SMILES string of the molecule is CN(C)c1ccc(C(N)=NNc2ccc([N+](=O)[O-])cc2)cc1. The summed E-state index contributed by atoms with van der Waals surface area (Å²) in [5.74, 6) is 0.337. The van der Waals surface area contributed by atoms with Gasteiger partial charge in [0.15, 0.2) is 5.84 Å². The molecule has 0 radical (unpaired) electrons. The van der Waals surface area contributed by atoms with E-state index < -0.39 is 4.92 Å². The van der Waals surface area contributed by atoms with E-state index in [0.717, 1.165) is 11.3 Å². The van der Waals surface area contributed by atoms with Crippen molar-refractivity contribution in [1.29, 1.82) is 0 Å². The third-order valence-electron chi connectivity index (χ3n) is 3.06. The smallest absolute Gasteiger partial charge is 0.269 e. The molecule has 7 nitrogen and oxygen atoms in total. The van der Waals surface area contributed by atoms with Crippen molar-refractivity contribution in [3.63, 3.8) is 0 Å². The largest absolute Gasteiger partial charge is 0.382 e. The maximum Gasteiger partial charge on any atom is 0.269 e. The average Bonchev–Trinajstić information content (AvgIpc) is 2.53. The fourth-order valence-corrected chi connectivity index (χ4v) is 1.78.